The van der Waals surface area contributed by atoms with E-state index in [4.69, 9.17) is 9.47 Å². The van der Waals surface area contributed by atoms with Crippen molar-refractivity contribution >= 4 is 28.6 Å². The van der Waals surface area contributed by atoms with Crippen molar-refractivity contribution in [2.45, 2.75) is 6.61 Å². The fraction of sp³-hybridized carbons (Fsp3) is 0.188. The minimum atomic E-state index is -0.461. The third-order valence-electron chi connectivity index (χ3n) is 2.98. The molecule has 2 aromatic carbocycles. The highest BCUT2D eigenvalue weighted by molar-refractivity contribution is 14.1. The second-order valence-corrected chi connectivity index (χ2v) is 5.52. The Morgan fingerprint density at radius 2 is 1.95 bits per heavy atom. The molecule has 0 fully saturated rings. The zero-order chi connectivity index (χ0) is 16.1. The first-order valence-electron chi connectivity index (χ1n) is 6.39. The summed E-state index contributed by atoms with van der Waals surface area (Å²) in [6.07, 6.45) is 0. The molecule has 0 atom stereocenters. The van der Waals surface area contributed by atoms with Gasteiger partial charge in [-0.05, 0) is 40.8 Å². The monoisotopic (exact) mass is 416 g/mol. The molecule has 0 unspecified atom stereocenters. The second kappa shape index (κ2) is 7.44. The van der Waals surface area contributed by atoms with Gasteiger partial charge in [-0.3, -0.25) is 0 Å². The van der Waals surface area contributed by atoms with E-state index in [9.17, 15) is 9.18 Å². The van der Waals surface area contributed by atoms with Gasteiger partial charge in [0.25, 0.3) is 0 Å². The maximum absolute atomic E-state index is 13.6. The number of halogens is 2. The SMILES string of the molecule is COC(=O)c1cc(I)c(OCc2ccccc2F)c(OC)c1. The average Bonchev–Trinajstić information content (AvgIpc) is 2.53. The molecule has 22 heavy (non-hydrogen) atoms. The van der Waals surface area contributed by atoms with Gasteiger partial charge in [-0.15, -0.1) is 0 Å². The van der Waals surface area contributed by atoms with Crippen LogP contribution in [-0.4, -0.2) is 20.2 Å². The number of hydrogen-bond acceptors (Lipinski definition) is 4. The number of carbonyl (C=O) groups excluding carboxylic acids is 1. The molecule has 0 spiro atoms. The van der Waals surface area contributed by atoms with E-state index < -0.39 is 5.97 Å². The number of carbonyl (C=O) groups is 1. The Labute approximate surface area is 141 Å². The summed E-state index contributed by atoms with van der Waals surface area (Å²) in [5.41, 5.74) is 0.805. The van der Waals surface area contributed by atoms with E-state index in [-0.39, 0.29) is 12.4 Å². The molecule has 2 rings (SSSR count). The Bertz CT molecular complexity index is 688. The summed E-state index contributed by atoms with van der Waals surface area (Å²) >= 11 is 2.03. The molecule has 0 aromatic heterocycles. The van der Waals surface area contributed by atoms with Gasteiger partial charge >= 0.3 is 5.97 Å². The zero-order valence-electron chi connectivity index (χ0n) is 12.1. The fourth-order valence-corrected chi connectivity index (χ4v) is 2.62. The first-order chi connectivity index (χ1) is 10.6. The van der Waals surface area contributed by atoms with E-state index in [0.717, 1.165) is 0 Å². The first-order valence-corrected chi connectivity index (χ1v) is 7.46. The van der Waals surface area contributed by atoms with E-state index >= 15 is 0 Å². The number of methoxy groups -OCH3 is 2. The lowest BCUT2D eigenvalue weighted by Crippen LogP contribution is -2.05. The van der Waals surface area contributed by atoms with Crippen LogP contribution in [0.1, 0.15) is 15.9 Å². The van der Waals surface area contributed by atoms with Gasteiger partial charge in [-0.2, -0.15) is 0 Å². The Hall–Kier alpha value is -1.83. The van der Waals surface area contributed by atoms with Crippen molar-refractivity contribution in [3.63, 3.8) is 0 Å². The summed E-state index contributed by atoms with van der Waals surface area (Å²) in [7, 11) is 2.78. The third kappa shape index (κ3) is 3.68. The lowest BCUT2D eigenvalue weighted by atomic mass is 10.2. The van der Waals surface area contributed by atoms with Crippen molar-refractivity contribution in [1.82, 2.24) is 0 Å². The smallest absolute Gasteiger partial charge is 0.338 e. The van der Waals surface area contributed by atoms with Crippen LogP contribution in [0.4, 0.5) is 4.39 Å². The summed E-state index contributed by atoms with van der Waals surface area (Å²) in [5.74, 6) is 0.0576. The molecule has 0 bridgehead atoms. The molecule has 0 heterocycles. The van der Waals surface area contributed by atoms with Crippen LogP contribution in [0.2, 0.25) is 0 Å². The predicted octanol–water partition coefficient (Wildman–Crippen LogP) is 3.80. The topological polar surface area (TPSA) is 44.8 Å². The Morgan fingerprint density at radius 1 is 1.23 bits per heavy atom. The molecule has 0 aliphatic rings. The number of esters is 1. The molecule has 0 radical (unpaired) electrons. The quantitative estimate of drug-likeness (QED) is 0.550. The molecule has 0 aliphatic carbocycles. The minimum absolute atomic E-state index is 0.0661. The molecule has 116 valence electrons. The summed E-state index contributed by atoms with van der Waals surface area (Å²) in [5, 5.41) is 0. The normalized spacial score (nSPS) is 10.2. The third-order valence-corrected chi connectivity index (χ3v) is 3.78. The van der Waals surface area contributed by atoms with Crippen molar-refractivity contribution in [3.8, 4) is 11.5 Å². The van der Waals surface area contributed by atoms with Gasteiger partial charge in [-0.1, -0.05) is 18.2 Å². The van der Waals surface area contributed by atoms with Gasteiger partial charge < -0.3 is 14.2 Å². The van der Waals surface area contributed by atoms with Gasteiger partial charge in [-0.25, -0.2) is 9.18 Å². The van der Waals surface area contributed by atoms with Crippen LogP contribution in [0.15, 0.2) is 36.4 Å². The summed E-state index contributed by atoms with van der Waals surface area (Å²) in [4.78, 5) is 11.6. The van der Waals surface area contributed by atoms with Crippen molar-refractivity contribution in [2.24, 2.45) is 0 Å². The molecule has 0 saturated heterocycles. The molecule has 0 aliphatic heterocycles. The summed E-state index contributed by atoms with van der Waals surface area (Å²) in [6, 6.07) is 9.55. The number of rotatable bonds is 5. The number of ether oxygens (including phenoxy) is 3. The maximum atomic E-state index is 13.6. The highest BCUT2D eigenvalue weighted by Gasteiger charge is 2.16. The van der Waals surface area contributed by atoms with Crippen molar-refractivity contribution in [3.05, 3.63) is 56.9 Å². The largest absolute Gasteiger partial charge is 0.493 e. The fourth-order valence-electron chi connectivity index (χ4n) is 1.86. The molecule has 6 heteroatoms. The van der Waals surface area contributed by atoms with Crippen LogP contribution in [0.3, 0.4) is 0 Å². The zero-order valence-corrected chi connectivity index (χ0v) is 14.2. The molecule has 0 amide bonds. The predicted molar refractivity (Wildman–Crippen MR) is 87.8 cm³/mol. The number of benzene rings is 2. The van der Waals surface area contributed by atoms with Gasteiger partial charge in [0.2, 0.25) is 0 Å². The van der Waals surface area contributed by atoms with E-state index in [1.807, 2.05) is 22.6 Å². The summed E-state index contributed by atoms with van der Waals surface area (Å²) in [6.45, 7) is 0.0661. The van der Waals surface area contributed by atoms with Crippen molar-refractivity contribution < 1.29 is 23.4 Å². The lowest BCUT2D eigenvalue weighted by Gasteiger charge is -2.14. The van der Waals surface area contributed by atoms with Gasteiger partial charge in [0.1, 0.15) is 12.4 Å². The van der Waals surface area contributed by atoms with Gasteiger partial charge in [0.05, 0.1) is 23.4 Å². The lowest BCUT2D eigenvalue weighted by molar-refractivity contribution is 0.0600. The van der Waals surface area contributed by atoms with Crippen LogP contribution in [0, 0.1) is 9.39 Å². The van der Waals surface area contributed by atoms with Crippen LogP contribution in [0.5, 0.6) is 11.5 Å². The highest BCUT2D eigenvalue weighted by atomic mass is 127. The molecule has 0 saturated carbocycles. The standard InChI is InChI=1S/C16H14FIO4/c1-20-14-8-11(16(19)21-2)7-13(18)15(14)22-9-10-5-3-4-6-12(10)17/h3-8H,9H2,1-2H3. The minimum Gasteiger partial charge on any atom is -0.493 e. The van der Waals surface area contributed by atoms with Crippen molar-refractivity contribution in [2.75, 3.05) is 14.2 Å². The van der Waals surface area contributed by atoms with Gasteiger partial charge in [0, 0.05) is 5.56 Å². The molecule has 0 N–H and O–H groups in total. The second-order valence-electron chi connectivity index (χ2n) is 4.36. The Balaban J connectivity index is 2.27. The number of hydrogen-bond donors (Lipinski definition) is 0. The van der Waals surface area contributed by atoms with Crippen LogP contribution < -0.4 is 9.47 Å². The van der Waals surface area contributed by atoms with E-state index in [0.29, 0.717) is 26.2 Å². The highest BCUT2D eigenvalue weighted by Crippen LogP contribution is 2.34. The first kappa shape index (κ1) is 16.5. The molecular formula is C16H14FIO4. The van der Waals surface area contributed by atoms with E-state index in [1.165, 1.54) is 26.4 Å². The maximum Gasteiger partial charge on any atom is 0.338 e. The molecule has 2 aromatic rings. The van der Waals surface area contributed by atoms with Crippen LogP contribution >= 0.6 is 22.6 Å². The Kier molecular flexibility index (Phi) is 5.59. The molecular weight excluding hydrogens is 402 g/mol. The van der Waals surface area contributed by atoms with E-state index in [1.54, 1.807) is 24.3 Å². The van der Waals surface area contributed by atoms with Crippen LogP contribution in [0.25, 0.3) is 0 Å². The average molecular weight is 416 g/mol. The Morgan fingerprint density at radius 3 is 2.59 bits per heavy atom. The molecule has 4 nitrogen and oxygen atoms in total. The van der Waals surface area contributed by atoms with Gasteiger partial charge in [0.15, 0.2) is 11.5 Å². The summed E-state index contributed by atoms with van der Waals surface area (Å²) < 4.78 is 29.9. The van der Waals surface area contributed by atoms with Crippen LogP contribution in [-0.2, 0) is 11.3 Å². The van der Waals surface area contributed by atoms with E-state index in [2.05, 4.69) is 4.74 Å². The van der Waals surface area contributed by atoms with Crippen molar-refractivity contribution in [1.29, 1.82) is 0 Å².